The van der Waals surface area contributed by atoms with Crippen LogP contribution in [-0.2, 0) is 22.6 Å². The van der Waals surface area contributed by atoms with Crippen LogP contribution in [0.4, 0.5) is 5.95 Å². The smallest absolute Gasteiger partial charge is 0.326 e. The number of phenolic OH excluding ortho intramolecular Hbond substituents is 1. The van der Waals surface area contributed by atoms with Gasteiger partial charge in [-0.05, 0) is 55.5 Å². The zero-order chi connectivity index (χ0) is 20.8. The highest BCUT2D eigenvalue weighted by atomic mass is 16.4. The maximum atomic E-state index is 12.5. The lowest BCUT2D eigenvalue weighted by Crippen LogP contribution is -2.44. The molecule has 1 aromatic heterocycles. The van der Waals surface area contributed by atoms with Crippen LogP contribution in [0.25, 0.3) is 0 Å². The van der Waals surface area contributed by atoms with Gasteiger partial charge in [-0.1, -0.05) is 6.92 Å². The van der Waals surface area contributed by atoms with E-state index in [1.54, 1.807) is 36.0 Å². The van der Waals surface area contributed by atoms with E-state index in [1.807, 2.05) is 13.8 Å². The van der Waals surface area contributed by atoms with Gasteiger partial charge in [0, 0.05) is 31.3 Å². The van der Waals surface area contributed by atoms with Crippen LogP contribution >= 0.6 is 0 Å². The molecule has 8 heteroatoms. The molecule has 1 amide bonds. The lowest BCUT2D eigenvalue weighted by Gasteiger charge is -2.20. The molecule has 0 saturated carbocycles. The Labute approximate surface area is 164 Å². The molecule has 0 aliphatic heterocycles. The molecule has 0 aliphatic carbocycles. The van der Waals surface area contributed by atoms with Crippen molar-refractivity contribution < 1.29 is 19.8 Å². The molecule has 0 unspecified atom stereocenters. The van der Waals surface area contributed by atoms with E-state index >= 15 is 0 Å². The number of aryl methyl sites for hydroxylation is 3. The van der Waals surface area contributed by atoms with Gasteiger partial charge in [0.25, 0.3) is 0 Å². The Kier molecular flexibility index (Phi) is 7.03. The summed E-state index contributed by atoms with van der Waals surface area (Å²) in [6.45, 7) is 6.06. The van der Waals surface area contributed by atoms with Crippen LogP contribution in [0.15, 0.2) is 24.5 Å². The van der Waals surface area contributed by atoms with Crippen LogP contribution in [0.5, 0.6) is 5.75 Å². The number of anilines is 1. The van der Waals surface area contributed by atoms with Gasteiger partial charge in [-0.3, -0.25) is 4.79 Å². The second-order valence-electron chi connectivity index (χ2n) is 7.18. The average Bonchev–Trinajstić information content (AvgIpc) is 3.01. The van der Waals surface area contributed by atoms with E-state index in [0.29, 0.717) is 18.9 Å². The molecule has 2 atom stereocenters. The van der Waals surface area contributed by atoms with E-state index < -0.39 is 12.0 Å². The normalized spacial score (nSPS) is 13.1. The number of nitrogen functional groups attached to an aromatic ring is 1. The number of aliphatic carboxylic acids is 1. The number of nitrogens with zero attached hydrogens (tertiary/aromatic N) is 2. The average molecular weight is 388 g/mol. The summed E-state index contributed by atoms with van der Waals surface area (Å²) in [5.74, 6) is -1.13. The van der Waals surface area contributed by atoms with E-state index in [9.17, 15) is 19.8 Å². The number of rotatable bonds is 9. The van der Waals surface area contributed by atoms with Crippen LogP contribution in [0.1, 0.15) is 36.5 Å². The summed E-state index contributed by atoms with van der Waals surface area (Å²) >= 11 is 0. The van der Waals surface area contributed by atoms with Crippen LogP contribution in [0, 0.1) is 19.8 Å². The summed E-state index contributed by atoms with van der Waals surface area (Å²) in [7, 11) is 0. The number of benzene rings is 1. The molecule has 0 saturated heterocycles. The van der Waals surface area contributed by atoms with Crippen molar-refractivity contribution in [3.63, 3.8) is 0 Å². The third kappa shape index (κ3) is 5.48. The van der Waals surface area contributed by atoms with E-state index in [1.165, 1.54) is 0 Å². The Balaban J connectivity index is 1.94. The predicted molar refractivity (Wildman–Crippen MR) is 106 cm³/mol. The van der Waals surface area contributed by atoms with Gasteiger partial charge in [0.2, 0.25) is 5.91 Å². The maximum absolute atomic E-state index is 12.5. The summed E-state index contributed by atoms with van der Waals surface area (Å²) in [6, 6.07) is 2.15. The minimum absolute atomic E-state index is 0.141. The van der Waals surface area contributed by atoms with E-state index in [4.69, 9.17) is 5.73 Å². The van der Waals surface area contributed by atoms with E-state index in [0.717, 1.165) is 23.1 Å². The van der Waals surface area contributed by atoms with Gasteiger partial charge in [-0.15, -0.1) is 0 Å². The van der Waals surface area contributed by atoms with Crippen molar-refractivity contribution in [3.05, 3.63) is 41.2 Å². The monoisotopic (exact) mass is 388 g/mol. The highest BCUT2D eigenvalue weighted by Gasteiger charge is 2.24. The molecule has 0 fully saturated rings. The second kappa shape index (κ2) is 9.25. The number of carbonyl (C=O) groups excluding carboxylic acids is 1. The number of carboxylic acids is 1. The third-order valence-corrected chi connectivity index (χ3v) is 4.94. The molecule has 28 heavy (non-hydrogen) atoms. The number of aromatic nitrogens is 2. The molecule has 2 aromatic rings. The first-order chi connectivity index (χ1) is 13.2. The molecule has 0 aliphatic rings. The van der Waals surface area contributed by atoms with Gasteiger partial charge in [-0.25, -0.2) is 9.78 Å². The molecule has 1 aromatic carbocycles. The minimum atomic E-state index is -1.08. The number of aromatic hydroxyl groups is 1. The van der Waals surface area contributed by atoms with Crippen molar-refractivity contribution in [2.45, 2.75) is 52.6 Å². The fourth-order valence-corrected chi connectivity index (χ4v) is 3.24. The van der Waals surface area contributed by atoms with Gasteiger partial charge >= 0.3 is 5.97 Å². The fraction of sp³-hybridized carbons (Fsp3) is 0.450. The Morgan fingerprint density at radius 1 is 1.29 bits per heavy atom. The number of hydrogen-bond donors (Lipinski definition) is 4. The molecule has 0 bridgehead atoms. The van der Waals surface area contributed by atoms with Crippen LogP contribution in [-0.4, -0.2) is 37.7 Å². The van der Waals surface area contributed by atoms with Crippen LogP contribution < -0.4 is 11.1 Å². The largest absolute Gasteiger partial charge is 0.508 e. The lowest BCUT2D eigenvalue weighted by atomic mass is 9.95. The van der Waals surface area contributed by atoms with Gasteiger partial charge in [-0.2, -0.15) is 0 Å². The Hall–Kier alpha value is -3.03. The highest BCUT2D eigenvalue weighted by molar-refractivity contribution is 5.85. The number of carbonyl (C=O) groups is 2. The number of imidazole rings is 1. The molecule has 152 valence electrons. The molecular weight excluding hydrogens is 360 g/mol. The van der Waals surface area contributed by atoms with Crippen molar-refractivity contribution >= 4 is 17.8 Å². The van der Waals surface area contributed by atoms with Crippen molar-refractivity contribution in [2.75, 3.05) is 5.73 Å². The number of nitrogens with one attached hydrogen (secondary N) is 1. The van der Waals surface area contributed by atoms with Gasteiger partial charge in [0.05, 0.1) is 0 Å². The topological polar surface area (TPSA) is 130 Å². The predicted octanol–water partition coefficient (Wildman–Crippen LogP) is 2.02. The number of phenols is 1. The Morgan fingerprint density at radius 3 is 2.46 bits per heavy atom. The number of hydrogen-bond acceptors (Lipinski definition) is 5. The summed E-state index contributed by atoms with van der Waals surface area (Å²) in [4.78, 5) is 28.1. The van der Waals surface area contributed by atoms with E-state index in [2.05, 4.69) is 10.3 Å². The molecular formula is C20H28N4O4. The molecule has 2 rings (SSSR count). The molecule has 1 heterocycles. The van der Waals surface area contributed by atoms with Gasteiger partial charge in [0.15, 0.2) is 5.95 Å². The third-order valence-electron chi connectivity index (χ3n) is 4.94. The minimum Gasteiger partial charge on any atom is -0.508 e. The standard InChI is InChI=1S/C20H28N4O4/c1-12(5-4-7-24-8-6-22-20(24)21)18(26)23-17(19(27)28)11-16-13(2)9-15(25)10-14(16)3/h6,8-10,12,17,25H,4-5,7,11H2,1-3H3,(H2,21,22)(H,23,26)(H,27,28)/t12-,17+/m1/s1. The SMILES string of the molecule is Cc1cc(O)cc(C)c1C[C@H](NC(=O)[C@H](C)CCCn1ccnc1N)C(=O)O. The molecule has 0 radical (unpaired) electrons. The first kappa shape index (κ1) is 21.3. The number of amides is 1. The molecule has 5 N–H and O–H groups in total. The second-order valence-corrected chi connectivity index (χ2v) is 7.18. The zero-order valence-corrected chi connectivity index (χ0v) is 16.5. The summed E-state index contributed by atoms with van der Waals surface area (Å²) in [5.41, 5.74) is 8.12. The Morgan fingerprint density at radius 2 is 1.93 bits per heavy atom. The fourth-order valence-electron chi connectivity index (χ4n) is 3.24. The quantitative estimate of drug-likeness (QED) is 0.520. The van der Waals surface area contributed by atoms with Crippen molar-refractivity contribution in [1.82, 2.24) is 14.9 Å². The zero-order valence-electron chi connectivity index (χ0n) is 16.5. The van der Waals surface area contributed by atoms with Crippen molar-refractivity contribution in [3.8, 4) is 5.75 Å². The van der Waals surface area contributed by atoms with Gasteiger partial charge < -0.3 is 25.8 Å². The van der Waals surface area contributed by atoms with Crippen LogP contribution in [0.2, 0.25) is 0 Å². The summed E-state index contributed by atoms with van der Waals surface area (Å²) in [5, 5.41) is 21.8. The number of carboxylic acid groups (broad SMARTS) is 1. The maximum Gasteiger partial charge on any atom is 0.326 e. The van der Waals surface area contributed by atoms with Gasteiger partial charge in [0.1, 0.15) is 11.8 Å². The highest BCUT2D eigenvalue weighted by Crippen LogP contribution is 2.22. The summed E-state index contributed by atoms with van der Waals surface area (Å²) < 4.78 is 1.81. The van der Waals surface area contributed by atoms with Crippen molar-refractivity contribution in [2.24, 2.45) is 5.92 Å². The Bertz CT molecular complexity index is 823. The van der Waals surface area contributed by atoms with Crippen LogP contribution in [0.3, 0.4) is 0 Å². The van der Waals surface area contributed by atoms with Crippen molar-refractivity contribution in [1.29, 1.82) is 0 Å². The summed E-state index contributed by atoms with van der Waals surface area (Å²) in [6.07, 6.45) is 4.90. The first-order valence-electron chi connectivity index (χ1n) is 9.28. The van der Waals surface area contributed by atoms with E-state index in [-0.39, 0.29) is 24.0 Å². The number of nitrogens with two attached hydrogens (primary N) is 1. The molecule has 8 nitrogen and oxygen atoms in total. The first-order valence-corrected chi connectivity index (χ1v) is 9.28. The molecule has 0 spiro atoms. The lowest BCUT2D eigenvalue weighted by molar-refractivity contribution is -0.142.